The first-order valence-corrected chi connectivity index (χ1v) is 5.96. The van der Waals surface area contributed by atoms with Gasteiger partial charge in [-0.15, -0.1) is 0 Å². The summed E-state index contributed by atoms with van der Waals surface area (Å²) in [4.78, 5) is 11.8. The summed E-state index contributed by atoms with van der Waals surface area (Å²) < 4.78 is 5.23. The lowest BCUT2D eigenvalue weighted by atomic mass is 10.2. The number of aromatic amines is 1. The number of carbonyl (C=O) groups is 1. The first kappa shape index (κ1) is 12.1. The monoisotopic (exact) mass is 238 g/mol. The standard InChI is InChI=1S/C11H18N4O2/c1-2-3-8-6-10(15-14-8)13-11(16)9-7-17-5-4-12-9/h6,9,12H,2-5,7H2,1H3,(H2,13,14,15,16). The molecule has 0 bridgehead atoms. The average Bonchev–Trinajstić information content (AvgIpc) is 2.78. The average molecular weight is 238 g/mol. The Balaban J connectivity index is 1.88. The van der Waals surface area contributed by atoms with E-state index in [0.717, 1.165) is 18.5 Å². The molecule has 1 aliphatic heterocycles. The highest BCUT2D eigenvalue weighted by Crippen LogP contribution is 2.08. The predicted molar refractivity (Wildman–Crippen MR) is 63.8 cm³/mol. The van der Waals surface area contributed by atoms with Crippen molar-refractivity contribution in [2.75, 3.05) is 25.1 Å². The minimum Gasteiger partial charge on any atom is -0.378 e. The summed E-state index contributed by atoms with van der Waals surface area (Å²) in [7, 11) is 0. The maximum absolute atomic E-state index is 11.8. The predicted octanol–water partition coefficient (Wildman–Crippen LogP) is 0.289. The molecule has 2 rings (SSSR count). The van der Waals surface area contributed by atoms with E-state index in [2.05, 4.69) is 27.8 Å². The van der Waals surface area contributed by atoms with Gasteiger partial charge in [0.2, 0.25) is 5.91 Å². The summed E-state index contributed by atoms with van der Waals surface area (Å²) in [6.07, 6.45) is 1.99. The van der Waals surface area contributed by atoms with Crippen molar-refractivity contribution in [1.29, 1.82) is 0 Å². The Morgan fingerprint density at radius 2 is 2.59 bits per heavy atom. The van der Waals surface area contributed by atoms with Gasteiger partial charge in [0.05, 0.1) is 13.2 Å². The van der Waals surface area contributed by atoms with Crippen LogP contribution in [0.25, 0.3) is 0 Å². The molecule has 0 aromatic carbocycles. The highest BCUT2D eigenvalue weighted by Gasteiger charge is 2.21. The van der Waals surface area contributed by atoms with Crippen molar-refractivity contribution in [2.24, 2.45) is 0 Å². The van der Waals surface area contributed by atoms with Gasteiger partial charge < -0.3 is 15.4 Å². The topological polar surface area (TPSA) is 79.0 Å². The minimum absolute atomic E-state index is 0.0979. The second kappa shape index (κ2) is 5.79. The Morgan fingerprint density at radius 1 is 1.71 bits per heavy atom. The molecule has 1 fully saturated rings. The van der Waals surface area contributed by atoms with Crippen LogP contribution in [-0.4, -0.2) is 41.9 Å². The molecule has 1 unspecified atom stereocenters. The lowest BCUT2D eigenvalue weighted by molar-refractivity contribution is -0.120. The van der Waals surface area contributed by atoms with E-state index in [4.69, 9.17) is 4.74 Å². The van der Waals surface area contributed by atoms with Crippen LogP contribution >= 0.6 is 0 Å². The molecule has 94 valence electrons. The van der Waals surface area contributed by atoms with Gasteiger partial charge in [-0.05, 0) is 6.42 Å². The minimum atomic E-state index is -0.282. The molecule has 1 amide bonds. The van der Waals surface area contributed by atoms with E-state index in [1.807, 2.05) is 6.07 Å². The first-order valence-electron chi connectivity index (χ1n) is 5.96. The molecule has 6 heteroatoms. The van der Waals surface area contributed by atoms with E-state index in [1.54, 1.807) is 0 Å². The van der Waals surface area contributed by atoms with Crippen LogP contribution in [0, 0.1) is 0 Å². The lowest BCUT2D eigenvalue weighted by Crippen LogP contribution is -2.48. The number of carbonyl (C=O) groups excluding carboxylic acids is 1. The number of H-pyrrole nitrogens is 1. The first-order chi connectivity index (χ1) is 8.29. The molecule has 17 heavy (non-hydrogen) atoms. The van der Waals surface area contributed by atoms with Crippen molar-refractivity contribution in [3.8, 4) is 0 Å². The fourth-order valence-electron chi connectivity index (χ4n) is 1.77. The molecule has 0 aliphatic carbocycles. The lowest BCUT2D eigenvalue weighted by Gasteiger charge is -2.22. The van der Waals surface area contributed by atoms with E-state index >= 15 is 0 Å². The summed E-state index contributed by atoms with van der Waals surface area (Å²) in [6.45, 7) is 3.88. The number of hydrogen-bond acceptors (Lipinski definition) is 4. The van der Waals surface area contributed by atoms with Crippen molar-refractivity contribution in [3.05, 3.63) is 11.8 Å². The highest BCUT2D eigenvalue weighted by atomic mass is 16.5. The van der Waals surface area contributed by atoms with Crippen LogP contribution in [0.4, 0.5) is 5.82 Å². The van der Waals surface area contributed by atoms with Crippen molar-refractivity contribution >= 4 is 11.7 Å². The number of rotatable bonds is 4. The molecule has 6 nitrogen and oxygen atoms in total. The molecule has 0 saturated carbocycles. The maximum atomic E-state index is 11.8. The second-order valence-corrected chi connectivity index (χ2v) is 4.10. The van der Waals surface area contributed by atoms with Gasteiger partial charge >= 0.3 is 0 Å². The Morgan fingerprint density at radius 3 is 3.29 bits per heavy atom. The molecule has 1 aromatic rings. The van der Waals surface area contributed by atoms with Gasteiger partial charge in [0.15, 0.2) is 5.82 Å². The van der Waals surface area contributed by atoms with Gasteiger partial charge in [0.1, 0.15) is 6.04 Å². The van der Waals surface area contributed by atoms with Crippen LogP contribution in [0.2, 0.25) is 0 Å². The highest BCUT2D eigenvalue weighted by molar-refractivity contribution is 5.94. The van der Waals surface area contributed by atoms with E-state index in [1.165, 1.54) is 0 Å². The van der Waals surface area contributed by atoms with Crippen LogP contribution in [0.1, 0.15) is 19.0 Å². The van der Waals surface area contributed by atoms with E-state index in [-0.39, 0.29) is 11.9 Å². The third kappa shape index (κ3) is 3.28. The van der Waals surface area contributed by atoms with Crippen LogP contribution in [0.15, 0.2) is 6.07 Å². The van der Waals surface area contributed by atoms with Crippen molar-refractivity contribution in [1.82, 2.24) is 15.5 Å². The zero-order valence-corrected chi connectivity index (χ0v) is 9.95. The van der Waals surface area contributed by atoms with E-state index < -0.39 is 0 Å². The number of nitrogens with zero attached hydrogens (tertiary/aromatic N) is 1. The zero-order valence-electron chi connectivity index (χ0n) is 9.95. The van der Waals surface area contributed by atoms with Gasteiger partial charge in [0, 0.05) is 18.3 Å². The van der Waals surface area contributed by atoms with Crippen LogP contribution in [0.5, 0.6) is 0 Å². The second-order valence-electron chi connectivity index (χ2n) is 4.10. The van der Waals surface area contributed by atoms with Crippen molar-refractivity contribution in [3.63, 3.8) is 0 Å². The van der Waals surface area contributed by atoms with E-state index in [0.29, 0.717) is 25.6 Å². The molecular weight excluding hydrogens is 220 g/mol. The van der Waals surface area contributed by atoms with Crippen molar-refractivity contribution < 1.29 is 9.53 Å². The van der Waals surface area contributed by atoms with Crippen LogP contribution in [-0.2, 0) is 16.0 Å². The Hall–Kier alpha value is -1.40. The van der Waals surface area contributed by atoms with Gasteiger partial charge in [0.25, 0.3) is 0 Å². The van der Waals surface area contributed by atoms with Crippen LogP contribution in [0.3, 0.4) is 0 Å². The third-order valence-corrected chi connectivity index (χ3v) is 2.64. The molecule has 1 aromatic heterocycles. The summed E-state index contributed by atoms with van der Waals surface area (Å²) in [5, 5.41) is 12.8. The molecule has 0 radical (unpaired) electrons. The van der Waals surface area contributed by atoms with Gasteiger partial charge in [-0.25, -0.2) is 0 Å². The number of nitrogens with one attached hydrogen (secondary N) is 3. The Kier molecular flexibility index (Phi) is 4.11. The van der Waals surface area contributed by atoms with Gasteiger partial charge in [-0.3, -0.25) is 9.89 Å². The summed E-state index contributed by atoms with van der Waals surface area (Å²) in [5.41, 5.74) is 1.04. The Bertz CT molecular complexity index is 371. The number of morpholine rings is 1. The SMILES string of the molecule is CCCc1cc(NC(=O)C2COCCN2)n[nH]1. The Labute approximate surface area is 100 Å². The quantitative estimate of drug-likeness (QED) is 0.704. The molecule has 1 atom stereocenters. The van der Waals surface area contributed by atoms with Gasteiger partial charge in [-0.2, -0.15) is 5.10 Å². The molecule has 2 heterocycles. The zero-order chi connectivity index (χ0) is 12.1. The van der Waals surface area contributed by atoms with E-state index in [9.17, 15) is 4.79 Å². The van der Waals surface area contributed by atoms with Crippen LogP contribution < -0.4 is 10.6 Å². The molecule has 0 spiro atoms. The smallest absolute Gasteiger partial charge is 0.245 e. The maximum Gasteiger partial charge on any atom is 0.245 e. The number of aromatic nitrogens is 2. The third-order valence-electron chi connectivity index (χ3n) is 2.64. The molecule has 1 aliphatic rings. The normalized spacial score (nSPS) is 20.2. The summed E-state index contributed by atoms with van der Waals surface area (Å²) in [6, 6.07) is 1.58. The largest absolute Gasteiger partial charge is 0.378 e. The number of anilines is 1. The number of ether oxygens (including phenoxy) is 1. The number of amides is 1. The fourth-order valence-corrected chi connectivity index (χ4v) is 1.77. The fraction of sp³-hybridized carbons (Fsp3) is 0.636. The van der Waals surface area contributed by atoms with Crippen molar-refractivity contribution in [2.45, 2.75) is 25.8 Å². The molecule has 1 saturated heterocycles. The number of hydrogen-bond donors (Lipinski definition) is 3. The molecule has 3 N–H and O–H groups in total. The van der Waals surface area contributed by atoms with Gasteiger partial charge in [-0.1, -0.05) is 13.3 Å². The number of aryl methyl sites for hydroxylation is 1. The summed E-state index contributed by atoms with van der Waals surface area (Å²) >= 11 is 0. The molecular formula is C11H18N4O2. The summed E-state index contributed by atoms with van der Waals surface area (Å²) in [5.74, 6) is 0.477.